The molecule has 0 aliphatic carbocycles. The van der Waals surface area contributed by atoms with E-state index in [1.807, 2.05) is 0 Å². The number of halogens is 3. The van der Waals surface area contributed by atoms with E-state index in [2.05, 4.69) is 4.74 Å². The molecule has 0 spiro atoms. The molecular formula is C7H6F3NO2. The normalized spacial score (nSPS) is 11.3. The Labute approximate surface area is 71.9 Å². The SMILES string of the molecule is [O-][n+]1ccccc1OC(F)(F)CF. The van der Waals surface area contributed by atoms with Crippen LogP contribution >= 0.6 is 0 Å². The molecule has 0 fully saturated rings. The molecule has 0 saturated heterocycles. The number of hydrogen-bond donors (Lipinski definition) is 0. The predicted molar refractivity (Wildman–Crippen MR) is 37.0 cm³/mol. The van der Waals surface area contributed by atoms with Crippen molar-refractivity contribution in [3.63, 3.8) is 0 Å². The van der Waals surface area contributed by atoms with Gasteiger partial charge in [0.1, 0.15) is 0 Å². The van der Waals surface area contributed by atoms with Crippen LogP contribution < -0.4 is 9.47 Å². The fourth-order valence-corrected chi connectivity index (χ4v) is 0.672. The van der Waals surface area contributed by atoms with Crippen molar-refractivity contribution >= 4 is 0 Å². The second-order valence-electron chi connectivity index (χ2n) is 2.24. The maximum atomic E-state index is 12.3. The fourth-order valence-electron chi connectivity index (χ4n) is 0.672. The average molecular weight is 193 g/mol. The van der Waals surface area contributed by atoms with Crippen LogP contribution in [-0.2, 0) is 0 Å². The van der Waals surface area contributed by atoms with Crippen molar-refractivity contribution in [2.75, 3.05) is 6.67 Å². The highest BCUT2D eigenvalue weighted by Gasteiger charge is 2.34. The predicted octanol–water partition coefficient (Wildman–Crippen LogP) is 1.26. The van der Waals surface area contributed by atoms with Gasteiger partial charge in [-0.05, 0) is 6.07 Å². The van der Waals surface area contributed by atoms with Crippen LogP contribution in [0.4, 0.5) is 13.2 Å². The molecule has 6 heteroatoms. The van der Waals surface area contributed by atoms with E-state index >= 15 is 0 Å². The summed E-state index contributed by atoms with van der Waals surface area (Å²) in [6.07, 6.45) is -2.98. The molecule has 3 nitrogen and oxygen atoms in total. The first-order valence-corrected chi connectivity index (χ1v) is 3.36. The van der Waals surface area contributed by atoms with Gasteiger partial charge in [0.2, 0.25) is 0 Å². The van der Waals surface area contributed by atoms with Crippen LogP contribution in [0.5, 0.6) is 5.88 Å². The van der Waals surface area contributed by atoms with Crippen LogP contribution in [0, 0.1) is 5.21 Å². The summed E-state index contributed by atoms with van der Waals surface area (Å²) in [5.74, 6) is -0.634. The lowest BCUT2D eigenvalue weighted by molar-refractivity contribution is -0.617. The highest BCUT2D eigenvalue weighted by atomic mass is 19.3. The molecular weight excluding hydrogens is 187 g/mol. The van der Waals surface area contributed by atoms with E-state index in [0.29, 0.717) is 0 Å². The van der Waals surface area contributed by atoms with Gasteiger partial charge < -0.3 is 9.94 Å². The van der Waals surface area contributed by atoms with E-state index in [1.54, 1.807) is 0 Å². The molecule has 1 aromatic heterocycles. The Kier molecular flexibility index (Phi) is 2.60. The van der Waals surface area contributed by atoms with Crippen LogP contribution in [-0.4, -0.2) is 12.8 Å². The molecule has 0 atom stereocenters. The Morgan fingerprint density at radius 1 is 1.46 bits per heavy atom. The number of hydrogen-bond acceptors (Lipinski definition) is 2. The minimum atomic E-state index is -3.95. The molecule has 0 aliphatic heterocycles. The molecule has 0 radical (unpaired) electrons. The largest absolute Gasteiger partial charge is 0.616 e. The van der Waals surface area contributed by atoms with Gasteiger partial charge in [-0.2, -0.15) is 8.78 Å². The minimum absolute atomic E-state index is 0.0869. The first kappa shape index (κ1) is 9.63. The minimum Gasteiger partial charge on any atom is -0.616 e. The molecule has 0 aliphatic rings. The van der Waals surface area contributed by atoms with Crippen molar-refractivity contribution in [2.45, 2.75) is 6.11 Å². The molecule has 0 aromatic carbocycles. The van der Waals surface area contributed by atoms with Crippen molar-refractivity contribution in [3.05, 3.63) is 29.6 Å². The van der Waals surface area contributed by atoms with Crippen molar-refractivity contribution in [3.8, 4) is 5.88 Å². The monoisotopic (exact) mass is 193 g/mol. The summed E-state index contributed by atoms with van der Waals surface area (Å²) >= 11 is 0. The second-order valence-corrected chi connectivity index (χ2v) is 2.24. The first-order chi connectivity index (χ1) is 6.05. The van der Waals surface area contributed by atoms with Gasteiger partial charge >= 0.3 is 12.0 Å². The van der Waals surface area contributed by atoms with Crippen molar-refractivity contribution < 1.29 is 22.6 Å². The van der Waals surface area contributed by atoms with E-state index in [0.717, 1.165) is 12.3 Å². The lowest BCUT2D eigenvalue weighted by Gasteiger charge is -2.12. The fraction of sp³-hybridized carbons (Fsp3) is 0.286. The third-order valence-corrected chi connectivity index (χ3v) is 1.20. The number of alkyl halides is 3. The molecule has 0 bridgehead atoms. The Morgan fingerprint density at radius 2 is 2.15 bits per heavy atom. The van der Waals surface area contributed by atoms with Gasteiger partial charge in [-0.3, -0.25) is 0 Å². The number of aromatic nitrogens is 1. The highest BCUT2D eigenvalue weighted by molar-refractivity contribution is 5.03. The van der Waals surface area contributed by atoms with Crippen LogP contribution in [0.3, 0.4) is 0 Å². The van der Waals surface area contributed by atoms with E-state index in [1.165, 1.54) is 12.1 Å². The summed E-state index contributed by atoms with van der Waals surface area (Å²) in [6.45, 7) is -1.97. The maximum absolute atomic E-state index is 12.3. The Hall–Kier alpha value is -1.46. The summed E-state index contributed by atoms with van der Waals surface area (Å²) in [4.78, 5) is 0. The van der Waals surface area contributed by atoms with E-state index in [9.17, 15) is 18.4 Å². The molecule has 1 aromatic rings. The molecule has 0 saturated carbocycles. The maximum Gasteiger partial charge on any atom is 0.430 e. The zero-order valence-corrected chi connectivity index (χ0v) is 6.41. The van der Waals surface area contributed by atoms with Crippen LogP contribution in [0.25, 0.3) is 0 Å². The molecule has 0 amide bonds. The van der Waals surface area contributed by atoms with E-state index in [-0.39, 0.29) is 4.73 Å². The smallest absolute Gasteiger partial charge is 0.430 e. The van der Waals surface area contributed by atoms with E-state index < -0.39 is 18.7 Å². The van der Waals surface area contributed by atoms with Crippen LogP contribution in [0.2, 0.25) is 0 Å². The van der Waals surface area contributed by atoms with Gasteiger partial charge in [-0.1, -0.05) is 0 Å². The molecule has 72 valence electrons. The second kappa shape index (κ2) is 3.51. The first-order valence-electron chi connectivity index (χ1n) is 3.36. The van der Waals surface area contributed by atoms with Gasteiger partial charge in [0, 0.05) is 6.07 Å². The van der Waals surface area contributed by atoms with Crippen LogP contribution in [0.15, 0.2) is 24.4 Å². The molecule has 13 heavy (non-hydrogen) atoms. The summed E-state index contributed by atoms with van der Waals surface area (Å²) < 4.78 is 40.1. The van der Waals surface area contributed by atoms with E-state index in [4.69, 9.17) is 0 Å². The van der Waals surface area contributed by atoms with Crippen LogP contribution in [0.1, 0.15) is 0 Å². The molecule has 0 unspecified atom stereocenters. The number of pyridine rings is 1. The number of rotatable bonds is 3. The highest BCUT2D eigenvalue weighted by Crippen LogP contribution is 2.18. The summed E-state index contributed by atoms with van der Waals surface area (Å²) in [5, 5.41) is 10.7. The number of ether oxygens (including phenoxy) is 1. The summed E-state index contributed by atoms with van der Waals surface area (Å²) in [6, 6.07) is 3.70. The van der Waals surface area contributed by atoms with Gasteiger partial charge in [0.25, 0.3) is 0 Å². The third-order valence-electron chi connectivity index (χ3n) is 1.20. The zero-order chi connectivity index (χ0) is 9.90. The standard InChI is InChI=1S/C7H6F3NO2/c8-5-7(9,10)13-6-3-1-2-4-11(6)12/h1-4H,5H2. The Bertz CT molecular complexity index is 293. The average Bonchev–Trinajstić information content (AvgIpc) is 2.09. The molecule has 1 rings (SSSR count). The Morgan fingerprint density at radius 3 is 2.69 bits per heavy atom. The Balaban J connectivity index is 2.80. The lowest BCUT2D eigenvalue weighted by Crippen LogP contribution is -2.35. The van der Waals surface area contributed by atoms with Crippen molar-refractivity contribution in [1.82, 2.24) is 0 Å². The summed E-state index contributed by atoms with van der Waals surface area (Å²) in [5.41, 5.74) is 0. The van der Waals surface area contributed by atoms with Gasteiger partial charge in [-0.25, -0.2) is 4.39 Å². The topological polar surface area (TPSA) is 36.2 Å². The lowest BCUT2D eigenvalue weighted by atomic mass is 10.5. The van der Waals surface area contributed by atoms with Crippen molar-refractivity contribution in [2.24, 2.45) is 0 Å². The third kappa shape index (κ3) is 2.50. The quantitative estimate of drug-likeness (QED) is 0.535. The van der Waals surface area contributed by atoms with Gasteiger partial charge in [0.05, 0.1) is 6.07 Å². The zero-order valence-electron chi connectivity index (χ0n) is 6.41. The molecule has 0 N–H and O–H groups in total. The van der Waals surface area contributed by atoms with Gasteiger partial charge in [-0.15, -0.1) is 4.73 Å². The molecule has 1 heterocycles. The number of nitrogens with zero attached hydrogens (tertiary/aromatic N) is 1. The summed E-state index contributed by atoms with van der Waals surface area (Å²) in [7, 11) is 0. The van der Waals surface area contributed by atoms with Crippen molar-refractivity contribution in [1.29, 1.82) is 0 Å². The van der Waals surface area contributed by atoms with Gasteiger partial charge in [0.15, 0.2) is 12.9 Å².